The summed E-state index contributed by atoms with van der Waals surface area (Å²) in [7, 11) is 1.58. The summed E-state index contributed by atoms with van der Waals surface area (Å²) < 4.78 is 31.7. The molecule has 3 atom stereocenters. The highest BCUT2D eigenvalue weighted by atomic mass is 19.2. The Morgan fingerprint density at radius 1 is 1.43 bits per heavy atom. The molecule has 118 valence electrons. The largest absolute Gasteiger partial charge is 0.396 e. The number of methoxy groups -OCH3 is 1. The predicted octanol–water partition coefficient (Wildman–Crippen LogP) is 2.79. The van der Waals surface area contributed by atoms with E-state index in [1.165, 1.54) is 6.07 Å². The number of ether oxygens (including phenoxy) is 1. The minimum atomic E-state index is -0.855. The van der Waals surface area contributed by atoms with Gasteiger partial charge in [0.2, 0.25) is 0 Å². The lowest BCUT2D eigenvalue weighted by Gasteiger charge is -2.33. The Kier molecular flexibility index (Phi) is 5.30. The first-order valence-electron chi connectivity index (χ1n) is 7.31. The lowest BCUT2D eigenvalue weighted by molar-refractivity contribution is 0.0977. The highest BCUT2D eigenvalue weighted by molar-refractivity contribution is 5.22. The SMILES string of the molecule is COCC(NC1CCCC1(C)CO)c1ccc(F)c(F)c1. The third-order valence-corrected chi connectivity index (χ3v) is 4.52. The molecule has 3 nitrogen and oxygen atoms in total. The molecular weight excluding hydrogens is 276 g/mol. The number of aliphatic hydroxyl groups is 1. The molecule has 1 saturated carbocycles. The minimum Gasteiger partial charge on any atom is -0.396 e. The first-order valence-corrected chi connectivity index (χ1v) is 7.31. The van der Waals surface area contributed by atoms with Gasteiger partial charge in [0.05, 0.1) is 12.6 Å². The van der Waals surface area contributed by atoms with Crippen molar-refractivity contribution in [2.75, 3.05) is 20.3 Å². The zero-order valence-electron chi connectivity index (χ0n) is 12.5. The van der Waals surface area contributed by atoms with Crippen molar-refractivity contribution in [3.8, 4) is 0 Å². The topological polar surface area (TPSA) is 41.5 Å². The van der Waals surface area contributed by atoms with Crippen molar-refractivity contribution in [2.24, 2.45) is 5.41 Å². The van der Waals surface area contributed by atoms with Crippen LogP contribution in [-0.4, -0.2) is 31.5 Å². The molecule has 21 heavy (non-hydrogen) atoms. The zero-order chi connectivity index (χ0) is 15.5. The monoisotopic (exact) mass is 299 g/mol. The molecule has 1 aromatic carbocycles. The van der Waals surface area contributed by atoms with Gasteiger partial charge >= 0.3 is 0 Å². The lowest BCUT2D eigenvalue weighted by Crippen LogP contribution is -2.44. The van der Waals surface area contributed by atoms with E-state index in [1.807, 2.05) is 6.92 Å². The van der Waals surface area contributed by atoms with Crippen molar-refractivity contribution >= 4 is 0 Å². The average Bonchev–Trinajstić information content (AvgIpc) is 2.83. The quantitative estimate of drug-likeness (QED) is 0.849. The summed E-state index contributed by atoms with van der Waals surface area (Å²) >= 11 is 0. The van der Waals surface area contributed by atoms with Gasteiger partial charge in [0.15, 0.2) is 11.6 Å². The van der Waals surface area contributed by atoms with Crippen molar-refractivity contribution in [1.29, 1.82) is 0 Å². The van der Waals surface area contributed by atoms with Crippen molar-refractivity contribution in [2.45, 2.75) is 38.3 Å². The number of aliphatic hydroxyl groups excluding tert-OH is 1. The summed E-state index contributed by atoms with van der Waals surface area (Å²) in [6.45, 7) is 2.53. The number of nitrogens with one attached hydrogen (secondary N) is 1. The average molecular weight is 299 g/mol. The van der Waals surface area contributed by atoms with Crippen LogP contribution in [0.15, 0.2) is 18.2 Å². The van der Waals surface area contributed by atoms with Crippen LogP contribution in [0.4, 0.5) is 8.78 Å². The smallest absolute Gasteiger partial charge is 0.159 e. The lowest BCUT2D eigenvalue weighted by atomic mass is 9.85. The predicted molar refractivity (Wildman–Crippen MR) is 76.9 cm³/mol. The van der Waals surface area contributed by atoms with Gasteiger partial charge in [0.25, 0.3) is 0 Å². The van der Waals surface area contributed by atoms with Crippen LogP contribution in [0.1, 0.15) is 37.8 Å². The maximum absolute atomic E-state index is 13.4. The highest BCUT2D eigenvalue weighted by Gasteiger charge is 2.39. The number of hydrogen-bond acceptors (Lipinski definition) is 3. The standard InChI is InChI=1S/C16H23F2NO2/c1-16(10-20)7-3-4-15(16)19-14(9-21-2)11-5-6-12(17)13(18)8-11/h5-6,8,14-15,19-20H,3-4,7,9-10H2,1-2H3. The van der Waals surface area contributed by atoms with Gasteiger partial charge in [-0.2, -0.15) is 0 Å². The molecule has 0 saturated heterocycles. The Morgan fingerprint density at radius 3 is 2.81 bits per heavy atom. The molecule has 1 aliphatic carbocycles. The molecule has 0 aromatic heterocycles. The van der Waals surface area contributed by atoms with E-state index < -0.39 is 11.6 Å². The summed E-state index contributed by atoms with van der Waals surface area (Å²) in [6.07, 6.45) is 2.96. The van der Waals surface area contributed by atoms with Crippen LogP contribution in [0.2, 0.25) is 0 Å². The summed E-state index contributed by atoms with van der Waals surface area (Å²) in [5.41, 5.74) is 0.479. The van der Waals surface area contributed by atoms with Gasteiger partial charge < -0.3 is 15.2 Å². The van der Waals surface area contributed by atoms with Gasteiger partial charge in [-0.25, -0.2) is 8.78 Å². The minimum absolute atomic E-state index is 0.113. The molecule has 5 heteroatoms. The number of rotatable bonds is 6. The number of hydrogen-bond donors (Lipinski definition) is 2. The van der Waals surface area contributed by atoms with E-state index >= 15 is 0 Å². The van der Waals surface area contributed by atoms with Crippen LogP contribution >= 0.6 is 0 Å². The van der Waals surface area contributed by atoms with Gasteiger partial charge in [-0.1, -0.05) is 19.4 Å². The maximum atomic E-state index is 13.4. The van der Waals surface area contributed by atoms with Gasteiger partial charge in [-0.3, -0.25) is 0 Å². The number of halogens is 2. The van der Waals surface area contributed by atoms with E-state index in [0.717, 1.165) is 25.3 Å². The van der Waals surface area contributed by atoms with E-state index in [9.17, 15) is 13.9 Å². The van der Waals surface area contributed by atoms with Gasteiger partial charge in [-0.05, 0) is 30.5 Å². The normalized spacial score (nSPS) is 27.0. The first kappa shape index (κ1) is 16.3. The fraction of sp³-hybridized carbons (Fsp3) is 0.625. The second kappa shape index (κ2) is 6.81. The third kappa shape index (κ3) is 3.59. The molecule has 1 aromatic rings. The summed E-state index contributed by atoms with van der Waals surface area (Å²) in [4.78, 5) is 0. The third-order valence-electron chi connectivity index (χ3n) is 4.52. The summed E-state index contributed by atoms with van der Waals surface area (Å²) in [5, 5.41) is 13.1. The van der Waals surface area contributed by atoms with Gasteiger partial charge in [0, 0.05) is 25.2 Å². The van der Waals surface area contributed by atoms with Crippen LogP contribution in [0.3, 0.4) is 0 Å². The van der Waals surface area contributed by atoms with E-state index in [1.54, 1.807) is 13.2 Å². The molecule has 0 amide bonds. The Balaban J connectivity index is 2.17. The molecule has 2 rings (SSSR count). The Labute approximate surface area is 124 Å². The van der Waals surface area contributed by atoms with Gasteiger partial charge in [0.1, 0.15) is 0 Å². The number of benzene rings is 1. The van der Waals surface area contributed by atoms with Crippen LogP contribution < -0.4 is 5.32 Å². The summed E-state index contributed by atoms with van der Waals surface area (Å²) in [6, 6.07) is 3.82. The molecule has 0 bridgehead atoms. The molecule has 2 N–H and O–H groups in total. The fourth-order valence-corrected chi connectivity index (χ4v) is 3.09. The van der Waals surface area contributed by atoms with Crippen molar-refractivity contribution in [1.82, 2.24) is 5.32 Å². The Morgan fingerprint density at radius 2 is 2.19 bits per heavy atom. The molecular formula is C16H23F2NO2. The summed E-state index contributed by atoms with van der Waals surface area (Å²) in [5.74, 6) is -1.71. The van der Waals surface area contributed by atoms with Crippen LogP contribution in [0, 0.1) is 17.0 Å². The molecule has 1 aliphatic rings. The molecule has 1 fully saturated rings. The Bertz CT molecular complexity index is 483. The molecule has 0 spiro atoms. The first-order chi connectivity index (χ1) is 10.00. The molecule has 0 aliphatic heterocycles. The van der Waals surface area contributed by atoms with E-state index in [4.69, 9.17) is 4.74 Å². The highest BCUT2D eigenvalue weighted by Crippen LogP contribution is 2.38. The molecule has 3 unspecified atom stereocenters. The van der Waals surface area contributed by atoms with Crippen molar-refractivity contribution in [3.63, 3.8) is 0 Å². The van der Waals surface area contributed by atoms with E-state index in [-0.39, 0.29) is 24.1 Å². The fourth-order valence-electron chi connectivity index (χ4n) is 3.09. The molecule has 0 heterocycles. The van der Waals surface area contributed by atoms with Crippen LogP contribution in [0.25, 0.3) is 0 Å². The van der Waals surface area contributed by atoms with Gasteiger partial charge in [-0.15, -0.1) is 0 Å². The van der Waals surface area contributed by atoms with Crippen molar-refractivity contribution in [3.05, 3.63) is 35.4 Å². The molecule has 0 radical (unpaired) electrons. The van der Waals surface area contributed by atoms with E-state index in [2.05, 4.69) is 5.32 Å². The second-order valence-electron chi connectivity index (χ2n) is 6.11. The second-order valence-corrected chi connectivity index (χ2v) is 6.11. The van der Waals surface area contributed by atoms with E-state index in [0.29, 0.717) is 12.2 Å². The van der Waals surface area contributed by atoms with Crippen LogP contribution in [-0.2, 0) is 4.74 Å². The Hall–Kier alpha value is -1.04. The maximum Gasteiger partial charge on any atom is 0.159 e. The van der Waals surface area contributed by atoms with Crippen LogP contribution in [0.5, 0.6) is 0 Å². The van der Waals surface area contributed by atoms with Crippen molar-refractivity contribution < 1.29 is 18.6 Å². The zero-order valence-corrected chi connectivity index (χ0v) is 12.5.